The molecular weight excluding hydrogens is 341 g/mol. The van der Waals surface area contributed by atoms with Crippen molar-refractivity contribution >= 4 is 28.0 Å². The number of fused-ring (bicyclic) bond motifs is 1. The van der Waals surface area contributed by atoms with Gasteiger partial charge >= 0.3 is 0 Å². The number of aryl methyl sites for hydroxylation is 1. The fraction of sp³-hybridized carbons (Fsp3) is 0.333. The van der Waals surface area contributed by atoms with E-state index in [1.165, 1.54) is 10.4 Å². The first-order valence-electron chi connectivity index (χ1n) is 8.33. The normalized spacial score (nSPS) is 16.8. The number of hydrogen-bond acceptors (Lipinski definition) is 5. The van der Waals surface area contributed by atoms with Crippen LogP contribution < -0.4 is 13.9 Å². The van der Waals surface area contributed by atoms with Gasteiger partial charge in [0.05, 0.1) is 11.4 Å². The van der Waals surface area contributed by atoms with Gasteiger partial charge in [0.15, 0.2) is 0 Å². The Bertz CT molecular complexity index is 757. The second-order valence-corrected chi connectivity index (χ2v) is 7.93. The molecule has 1 heterocycles. The van der Waals surface area contributed by atoms with Crippen LogP contribution in [0.5, 0.6) is 0 Å². The number of unbranched alkanes of at least 4 members (excludes halogenated alkanes) is 1. The lowest BCUT2D eigenvalue weighted by Crippen LogP contribution is -2.32. The number of rotatable bonds is 6. The van der Waals surface area contributed by atoms with E-state index in [4.69, 9.17) is 0 Å². The molecule has 0 fully saturated rings. The van der Waals surface area contributed by atoms with Gasteiger partial charge in [-0.3, -0.25) is 13.4 Å². The number of halogens is 1. The lowest BCUT2D eigenvalue weighted by Gasteiger charge is -2.43. The largest absolute Gasteiger partial charge is 0.320 e. The Hall–Kier alpha value is -1.80. The lowest BCUT2D eigenvalue weighted by atomic mass is 10.2. The molecule has 3 rings (SSSR count). The minimum atomic E-state index is -3.36. The van der Waals surface area contributed by atoms with Crippen LogP contribution in [0.25, 0.3) is 0 Å². The molecule has 0 radical (unpaired) electrons. The highest BCUT2D eigenvalue weighted by molar-refractivity contribution is 8.27. The molecule has 136 valence electrons. The third-order valence-electron chi connectivity index (χ3n) is 4.27. The van der Waals surface area contributed by atoms with E-state index in [-0.39, 0.29) is 5.69 Å². The van der Waals surface area contributed by atoms with E-state index < -0.39 is 16.8 Å². The first-order chi connectivity index (χ1) is 12.0. The minimum absolute atomic E-state index is 0.177. The number of benzene rings is 2. The molecule has 0 amide bonds. The zero-order valence-electron chi connectivity index (χ0n) is 14.4. The number of anilines is 3. The monoisotopic (exact) mass is 365 g/mol. The predicted octanol–water partition coefficient (Wildman–Crippen LogP) is 4.67. The Balaban J connectivity index is 1.99. The van der Waals surface area contributed by atoms with E-state index in [2.05, 4.69) is 5.32 Å². The summed E-state index contributed by atoms with van der Waals surface area (Å²) in [7, 11) is -1.47. The van der Waals surface area contributed by atoms with Gasteiger partial charge in [-0.15, -0.1) is 0 Å². The standard InChI is InChI=1S/C18H24FN3O2S/c1-14-9-10-16(15(19)13-14)22-18-8-4-3-7-17(18)21(25(22,23)24)12-6-5-11-20-2/h3-4,7-10,13,20,23-24H,5-6,11-12H2,1-2H3. The highest BCUT2D eigenvalue weighted by Gasteiger charge is 2.42. The molecule has 1 aliphatic heterocycles. The topological polar surface area (TPSA) is 59.0 Å². The molecule has 2 aromatic carbocycles. The van der Waals surface area contributed by atoms with Crippen LogP contribution in [-0.4, -0.2) is 29.2 Å². The molecule has 0 aromatic heterocycles. The van der Waals surface area contributed by atoms with Crippen molar-refractivity contribution in [2.75, 3.05) is 28.7 Å². The molecule has 0 spiro atoms. The quantitative estimate of drug-likeness (QED) is 0.649. The molecule has 0 saturated carbocycles. The van der Waals surface area contributed by atoms with E-state index in [0.29, 0.717) is 17.9 Å². The van der Waals surface area contributed by atoms with Gasteiger partial charge in [0.25, 0.3) is 0 Å². The van der Waals surface area contributed by atoms with Gasteiger partial charge < -0.3 is 5.32 Å². The summed E-state index contributed by atoms with van der Waals surface area (Å²) in [6.07, 6.45) is 1.72. The third kappa shape index (κ3) is 3.32. The van der Waals surface area contributed by atoms with Crippen molar-refractivity contribution in [2.24, 2.45) is 0 Å². The molecule has 7 heteroatoms. The van der Waals surface area contributed by atoms with Gasteiger partial charge in [-0.05, 0) is 74.1 Å². The maximum atomic E-state index is 14.5. The minimum Gasteiger partial charge on any atom is -0.320 e. The molecule has 3 N–H and O–H groups in total. The fourth-order valence-corrected chi connectivity index (χ4v) is 4.87. The maximum absolute atomic E-state index is 14.5. The van der Waals surface area contributed by atoms with Crippen LogP contribution in [0.1, 0.15) is 18.4 Å². The predicted molar refractivity (Wildman–Crippen MR) is 103 cm³/mol. The molecule has 25 heavy (non-hydrogen) atoms. The molecular formula is C18H24FN3O2S. The molecule has 1 aliphatic rings. The first-order valence-corrected chi connectivity index (χ1v) is 9.79. The smallest absolute Gasteiger partial charge is 0.148 e. The van der Waals surface area contributed by atoms with E-state index >= 15 is 0 Å². The number of nitrogens with zero attached hydrogens (tertiary/aromatic N) is 2. The maximum Gasteiger partial charge on any atom is 0.148 e. The molecule has 0 bridgehead atoms. The number of hydrogen-bond donors (Lipinski definition) is 3. The van der Waals surface area contributed by atoms with E-state index in [1.807, 2.05) is 25.2 Å². The van der Waals surface area contributed by atoms with Crippen molar-refractivity contribution in [3.63, 3.8) is 0 Å². The van der Waals surface area contributed by atoms with Gasteiger partial charge in [-0.1, -0.05) is 18.2 Å². The Labute approximate surface area is 149 Å². The molecule has 0 unspecified atom stereocenters. The zero-order chi connectivity index (χ0) is 18.0. The van der Waals surface area contributed by atoms with Crippen LogP contribution in [-0.2, 0) is 0 Å². The van der Waals surface area contributed by atoms with Gasteiger partial charge in [-0.2, -0.15) is 0 Å². The first kappa shape index (κ1) is 18.0. The number of nitrogens with one attached hydrogen (secondary N) is 1. The average molecular weight is 365 g/mol. The zero-order valence-corrected chi connectivity index (χ0v) is 15.3. The van der Waals surface area contributed by atoms with Gasteiger partial charge in [0.1, 0.15) is 11.5 Å². The molecule has 5 nitrogen and oxygen atoms in total. The van der Waals surface area contributed by atoms with Gasteiger partial charge in [-0.25, -0.2) is 8.70 Å². The summed E-state index contributed by atoms with van der Waals surface area (Å²) in [5, 5.41) is 3.08. The summed E-state index contributed by atoms with van der Waals surface area (Å²) in [5.41, 5.74) is 2.29. The molecule has 0 saturated heterocycles. The van der Waals surface area contributed by atoms with Gasteiger partial charge in [0.2, 0.25) is 0 Å². The van der Waals surface area contributed by atoms with E-state index in [0.717, 1.165) is 24.9 Å². The van der Waals surface area contributed by atoms with Crippen molar-refractivity contribution in [3.05, 3.63) is 53.8 Å². The summed E-state index contributed by atoms with van der Waals surface area (Å²) < 4.78 is 39.4. The Morgan fingerprint density at radius 2 is 1.76 bits per heavy atom. The lowest BCUT2D eigenvalue weighted by molar-refractivity contribution is 0.482. The van der Waals surface area contributed by atoms with Crippen molar-refractivity contribution in [3.8, 4) is 0 Å². The Morgan fingerprint density at radius 1 is 1.04 bits per heavy atom. The van der Waals surface area contributed by atoms with E-state index in [1.54, 1.807) is 29.4 Å². The number of para-hydroxylation sites is 2. The SMILES string of the molecule is CNCCCCN1c2ccccc2N(c2ccc(C)cc2F)S1(O)O. The van der Waals surface area contributed by atoms with Crippen molar-refractivity contribution in [1.29, 1.82) is 0 Å². The summed E-state index contributed by atoms with van der Waals surface area (Å²) in [5.74, 6) is -0.466. The van der Waals surface area contributed by atoms with Crippen molar-refractivity contribution in [2.45, 2.75) is 19.8 Å². The fourth-order valence-electron chi connectivity index (χ4n) is 3.05. The van der Waals surface area contributed by atoms with Crippen LogP contribution in [0, 0.1) is 12.7 Å². The Morgan fingerprint density at radius 3 is 2.44 bits per heavy atom. The van der Waals surface area contributed by atoms with Crippen LogP contribution in [0.2, 0.25) is 0 Å². The van der Waals surface area contributed by atoms with Crippen LogP contribution >= 0.6 is 11.0 Å². The third-order valence-corrected chi connectivity index (χ3v) is 6.12. The molecule has 0 atom stereocenters. The summed E-state index contributed by atoms with van der Waals surface area (Å²) in [4.78, 5) is 0. The highest BCUT2D eigenvalue weighted by atomic mass is 32.3. The molecule has 0 aliphatic carbocycles. The van der Waals surface area contributed by atoms with Crippen molar-refractivity contribution < 1.29 is 13.5 Å². The van der Waals surface area contributed by atoms with Crippen LogP contribution in [0.15, 0.2) is 42.5 Å². The summed E-state index contributed by atoms with van der Waals surface area (Å²) in [6, 6.07) is 12.1. The summed E-state index contributed by atoms with van der Waals surface area (Å²) >= 11 is 0. The second kappa shape index (κ2) is 7.21. The van der Waals surface area contributed by atoms with Crippen molar-refractivity contribution in [1.82, 2.24) is 5.32 Å². The molecule has 2 aromatic rings. The van der Waals surface area contributed by atoms with E-state index in [9.17, 15) is 13.5 Å². The highest BCUT2D eigenvalue weighted by Crippen LogP contribution is 2.64. The Kier molecular flexibility index (Phi) is 5.19. The average Bonchev–Trinajstić information content (AvgIpc) is 2.79. The van der Waals surface area contributed by atoms with Gasteiger partial charge in [0, 0.05) is 6.54 Å². The second-order valence-electron chi connectivity index (χ2n) is 6.14. The summed E-state index contributed by atoms with van der Waals surface area (Å²) in [6.45, 7) is 3.16. The van der Waals surface area contributed by atoms with Crippen LogP contribution in [0.4, 0.5) is 21.5 Å². The van der Waals surface area contributed by atoms with Crippen LogP contribution in [0.3, 0.4) is 0 Å².